The number of benzene rings is 3. The summed E-state index contributed by atoms with van der Waals surface area (Å²) in [4.78, 5) is 193. The highest BCUT2D eigenvalue weighted by Gasteiger charge is 2.49. The molecule has 1 fully saturated rings. The highest BCUT2D eigenvalue weighted by Crippen LogP contribution is 2.32. The van der Waals surface area contributed by atoms with Crippen LogP contribution in [0.3, 0.4) is 0 Å². The minimum atomic E-state index is -5.19. The number of nitrogens with two attached hydrogens (primary N) is 1. The van der Waals surface area contributed by atoms with E-state index in [-0.39, 0.29) is 75.2 Å². The first kappa shape index (κ1) is 90.0. The van der Waals surface area contributed by atoms with E-state index in [1.807, 2.05) is 24.3 Å². The second kappa shape index (κ2) is 41.5. The molecule has 32 nitrogen and oxygen atoms in total. The van der Waals surface area contributed by atoms with E-state index in [4.69, 9.17) is 15.6 Å². The van der Waals surface area contributed by atoms with Crippen molar-refractivity contribution >= 4 is 111 Å². The number of nitrogens with one attached hydrogen (secondary N) is 11. The molecule has 5 heterocycles. The standard InChI is InChI=1S/C75H96N14O16S2.C2HF3O2/c1-7-11-52-65(97)81-53(23-24-60(94)95)66(98)85-57(34-44-17-21-50(92)22-18-44)72(104)89-30-10-27-75(89,6)73(105)86-58(63(76)96)41-107-40-47-13-8-12-46(32-47)39-106-31-26-59(93)87-62(74(3,4)5)71(103)84-54(33-43-15-19-49(91)20-16-43)67(99)82-55(35-45-25-29-77-37-45)69(101)88-61(42(2)90)70(102)83-56(68(100)80-52)36-48-38-79-64-51(48)14-9-28-78-64;3-2(4,5)1(6)7/h8-9,12-22,25,28-29,32,37-38,42,52-58,61-62,77,90-92H,7,10-11,23-24,26-27,30-31,33-36,39-41H2,1-6H3,(H2,76,96)(H,78,79)(H,80,100)(H,81,97)(H,82,99)(H,83,102)(H,84,103)(H,85,98)(H,86,105)(H,87,93)(H,88,101)(H,94,95);(H,6,7)/p-1/t42-,52+,53+,54+,55+,56+,57+,58+,61+,62-,75+;/m1./s1. The number of aliphatic hydroxyl groups excluding tert-OH is 1. The van der Waals surface area contributed by atoms with Crippen LogP contribution in [0.2, 0.25) is 0 Å². The number of hydrogen-bond acceptors (Lipinski definition) is 20. The molecule has 0 spiro atoms. The SMILES string of the molecule is CCC[C@@H]1NC(=O)[C@H](Cc2c[nH]c3ncccc23)NC(=O)[C@H]([C@@H](C)O)NC(=O)[C@H](Cc2cc[nH]c2)NC(=O)[C@H](Cc2ccc(O)cc2)NC(=O)[C@H](C(C)(C)C)NC(=O)CCSCc2cccc(c2)CSC[C@@H](C(N)=O)NC(=O)[C@]2(C)CCCN2C(=O)[C@H](Cc2ccc(O)cc2)NC(=O)[C@H](CCC(=O)O)NC1=O.O=C([O-])C(F)(F)F. The zero-order valence-electron chi connectivity index (χ0n) is 63.5. The molecule has 114 heavy (non-hydrogen) atoms. The number of pyridine rings is 1. The molecule has 11 amide bonds. The summed E-state index contributed by atoms with van der Waals surface area (Å²) in [6.45, 7) is 9.63. The topological polar surface area (TPSA) is 508 Å². The van der Waals surface area contributed by atoms with Crippen molar-refractivity contribution < 1.29 is 101 Å². The summed E-state index contributed by atoms with van der Waals surface area (Å²) in [5.74, 6) is -12.8. The molecular weight excluding hydrogens is 1530 g/mol. The first-order valence-electron chi connectivity index (χ1n) is 36.7. The summed E-state index contributed by atoms with van der Waals surface area (Å²) in [5, 5.41) is 75.4. The van der Waals surface area contributed by atoms with E-state index in [0.717, 1.165) is 11.1 Å². The summed E-state index contributed by atoms with van der Waals surface area (Å²) >= 11 is 2.78. The van der Waals surface area contributed by atoms with Crippen molar-refractivity contribution in [1.29, 1.82) is 0 Å². The van der Waals surface area contributed by atoms with E-state index in [1.165, 1.54) is 97.0 Å². The van der Waals surface area contributed by atoms with E-state index in [9.17, 15) is 81.5 Å². The van der Waals surface area contributed by atoms with Crippen molar-refractivity contribution in [2.45, 2.75) is 196 Å². The lowest BCUT2D eigenvalue weighted by Crippen LogP contribution is -2.63. The Hall–Kier alpha value is -11.2. The largest absolute Gasteiger partial charge is 0.542 e. The van der Waals surface area contributed by atoms with Crippen LogP contribution < -0.4 is 58.7 Å². The predicted octanol–water partition coefficient (Wildman–Crippen LogP) is 1.76. The Kier molecular flexibility index (Phi) is 32.8. The molecular formula is C77H96F3N14O18S2-. The molecule has 3 aromatic carbocycles. The number of aliphatic hydroxyl groups is 1. The fourth-order valence-corrected chi connectivity index (χ4v) is 14.6. The maximum absolute atomic E-state index is 15.2. The van der Waals surface area contributed by atoms with Gasteiger partial charge in [-0.1, -0.05) is 82.6 Å². The maximum atomic E-state index is 15.2. The molecule has 0 radical (unpaired) electrons. The number of primary amides is 1. The summed E-state index contributed by atoms with van der Waals surface area (Å²) in [6.07, 6.45) is -2.30. The molecule has 1 saturated heterocycles. The summed E-state index contributed by atoms with van der Waals surface area (Å²) in [6, 6.07) is 10.6. The van der Waals surface area contributed by atoms with Crippen molar-refractivity contribution in [3.63, 3.8) is 0 Å². The maximum Gasteiger partial charge on any atom is 0.430 e. The fraction of sp³-hybridized carbons (Fsp3) is 0.455. The smallest absolute Gasteiger partial charge is 0.430 e. The highest BCUT2D eigenvalue weighted by molar-refractivity contribution is 7.98. The van der Waals surface area contributed by atoms with Crippen LogP contribution in [0.1, 0.15) is 120 Å². The number of carbonyl (C=O) groups excluding carboxylic acids is 12. The first-order valence-corrected chi connectivity index (χ1v) is 39.0. The number of carboxylic acid groups (broad SMARTS) is 2. The van der Waals surface area contributed by atoms with Gasteiger partial charge in [-0.25, -0.2) is 4.98 Å². The second-order valence-electron chi connectivity index (χ2n) is 29.0. The molecule has 2 bridgehead atoms. The summed E-state index contributed by atoms with van der Waals surface area (Å²) in [7, 11) is 0. The van der Waals surface area contributed by atoms with Crippen LogP contribution in [-0.2, 0) is 99.5 Å². The number of H-pyrrole nitrogens is 2. The fourth-order valence-electron chi connectivity index (χ4n) is 12.7. The first-order chi connectivity index (χ1) is 53.8. The second-order valence-corrected chi connectivity index (χ2v) is 31.1. The van der Waals surface area contributed by atoms with E-state index < -0.39 is 167 Å². The molecule has 2 aliphatic heterocycles. The quantitative estimate of drug-likeness (QED) is 0.0696. The zero-order chi connectivity index (χ0) is 83.8. The average Bonchev–Trinajstić information content (AvgIpc) is 1.60. The van der Waals surface area contributed by atoms with Crippen molar-refractivity contribution in [3.05, 3.63) is 149 Å². The van der Waals surface area contributed by atoms with Gasteiger partial charge in [0.1, 0.15) is 83.0 Å². The van der Waals surface area contributed by atoms with E-state index in [0.29, 0.717) is 57.0 Å². The monoisotopic (exact) mass is 1630 g/mol. The number of aromatic hydroxyl groups is 2. The Morgan fingerprint density at radius 3 is 1.74 bits per heavy atom. The minimum absolute atomic E-state index is 0.00847. The number of aliphatic carboxylic acids is 2. The van der Waals surface area contributed by atoms with Gasteiger partial charge in [-0.15, -0.1) is 0 Å². The van der Waals surface area contributed by atoms with Gasteiger partial charge in [-0.2, -0.15) is 36.7 Å². The van der Waals surface area contributed by atoms with E-state index in [1.54, 1.807) is 64.5 Å². The lowest BCUT2D eigenvalue weighted by atomic mass is 9.85. The van der Waals surface area contributed by atoms with Crippen LogP contribution in [-0.4, -0.2) is 207 Å². The minimum Gasteiger partial charge on any atom is -0.542 e. The van der Waals surface area contributed by atoms with Crippen molar-refractivity contribution in [3.8, 4) is 11.5 Å². The third kappa shape index (κ3) is 26.7. The number of phenolic OH excluding ortho intramolecular Hbond substituents is 2. The van der Waals surface area contributed by atoms with E-state index in [2.05, 4.69) is 62.8 Å². The molecule has 0 saturated carbocycles. The lowest BCUT2D eigenvalue weighted by Gasteiger charge is -2.37. The van der Waals surface area contributed by atoms with Gasteiger partial charge >= 0.3 is 12.1 Å². The molecule has 2 aliphatic rings. The van der Waals surface area contributed by atoms with Gasteiger partial charge in [0.15, 0.2) is 0 Å². The molecule has 0 aliphatic carbocycles. The number of amides is 11. The number of aromatic amines is 2. The summed E-state index contributed by atoms with van der Waals surface area (Å²) < 4.78 is 31.5. The molecule has 37 heteroatoms. The molecule has 6 aromatic rings. The number of aromatic nitrogens is 3. The Morgan fingerprint density at radius 1 is 0.658 bits per heavy atom. The van der Waals surface area contributed by atoms with E-state index >= 15 is 9.59 Å². The van der Waals surface area contributed by atoms with Crippen molar-refractivity contribution in [1.82, 2.24) is 67.7 Å². The van der Waals surface area contributed by atoms with Gasteiger partial charge in [0.2, 0.25) is 65.0 Å². The van der Waals surface area contributed by atoms with Crippen LogP contribution in [0, 0.1) is 5.41 Å². The number of thioether (sulfide) groups is 2. The normalized spacial score (nSPS) is 23.4. The number of phenols is 2. The van der Waals surface area contributed by atoms with Gasteiger partial charge in [-0.05, 0) is 121 Å². The number of hydrogen-bond donors (Lipinski definition) is 16. The molecule has 616 valence electrons. The lowest BCUT2D eigenvalue weighted by molar-refractivity contribution is -0.344. The van der Waals surface area contributed by atoms with Crippen LogP contribution in [0.4, 0.5) is 13.2 Å². The molecule has 17 N–H and O–H groups in total. The number of nitrogens with zero attached hydrogens (tertiary/aromatic N) is 2. The van der Waals surface area contributed by atoms with Crippen LogP contribution >= 0.6 is 23.5 Å². The van der Waals surface area contributed by atoms with Gasteiger partial charge in [-0.3, -0.25) is 57.5 Å². The highest BCUT2D eigenvalue weighted by atomic mass is 32.2. The van der Waals surface area contributed by atoms with Gasteiger partial charge < -0.3 is 98.8 Å². The molecule has 3 aromatic heterocycles. The molecule has 0 unspecified atom stereocenters. The van der Waals surface area contributed by atoms with Crippen LogP contribution in [0.5, 0.6) is 11.5 Å². The third-order valence-electron chi connectivity index (χ3n) is 18.9. The number of alkyl halides is 3. The van der Waals surface area contributed by atoms with Crippen molar-refractivity contribution in [2.24, 2.45) is 11.1 Å². The van der Waals surface area contributed by atoms with Crippen molar-refractivity contribution in [2.75, 3.05) is 18.1 Å². The molecule has 8 rings (SSSR count). The number of halogens is 3. The Labute approximate surface area is 662 Å². The van der Waals surface area contributed by atoms with Gasteiger partial charge in [0, 0.05) is 98.3 Å². The number of fused-ring (bicyclic) bond motifs is 4. The average molecular weight is 1630 g/mol. The number of rotatable bonds is 15. The van der Waals surface area contributed by atoms with Gasteiger partial charge in [0.25, 0.3) is 0 Å². The van der Waals surface area contributed by atoms with Crippen LogP contribution in [0.15, 0.2) is 116 Å². The number of carbonyl (C=O) groups is 13. The van der Waals surface area contributed by atoms with Crippen LogP contribution in [0.25, 0.3) is 11.0 Å². The Balaban J connectivity index is 0.00000245. The molecule has 11 atom stereocenters. The summed E-state index contributed by atoms with van der Waals surface area (Å²) in [5.41, 5.74) is 7.42. The number of carboxylic acids is 2. The van der Waals surface area contributed by atoms with Gasteiger partial charge in [0.05, 0.1) is 6.10 Å². The predicted molar refractivity (Wildman–Crippen MR) is 411 cm³/mol. The Morgan fingerprint density at radius 2 is 1.18 bits per heavy atom. The zero-order valence-corrected chi connectivity index (χ0v) is 65.1. The third-order valence-corrected chi connectivity index (χ3v) is 21.0. The Bertz CT molecular complexity index is 4370.